The van der Waals surface area contributed by atoms with Crippen molar-refractivity contribution in [2.24, 2.45) is 22.7 Å². The van der Waals surface area contributed by atoms with Crippen LogP contribution in [0.3, 0.4) is 0 Å². The van der Waals surface area contributed by atoms with Crippen LogP contribution in [0.4, 0.5) is 4.79 Å². The van der Waals surface area contributed by atoms with E-state index >= 15 is 0 Å². The number of aliphatic imine (C=N–C) groups is 1. The van der Waals surface area contributed by atoms with E-state index in [4.69, 9.17) is 4.42 Å². The Morgan fingerprint density at radius 2 is 2.15 bits per heavy atom. The number of carbonyl (C=O) groups excluding carboxylic acids is 1. The zero-order valence-corrected chi connectivity index (χ0v) is 12.5. The fraction of sp³-hybridized carbons (Fsp3) is 0.600. The Kier molecular flexibility index (Phi) is 2.48. The summed E-state index contributed by atoms with van der Waals surface area (Å²) < 4.78 is 5.74. The summed E-state index contributed by atoms with van der Waals surface area (Å²) in [4.78, 5) is 16.0. The third kappa shape index (κ3) is 1.51. The van der Waals surface area contributed by atoms with E-state index < -0.39 is 0 Å². The Morgan fingerprint density at radius 3 is 3.00 bits per heavy atom. The van der Waals surface area contributed by atoms with Crippen LogP contribution in [0.2, 0.25) is 0 Å². The number of hydrogen-bond acceptors (Lipinski definition) is 4. The third-order valence-corrected chi connectivity index (χ3v) is 8.21. The Hall–Kier alpha value is -0.680. The first-order valence-electron chi connectivity index (χ1n) is 7.30. The second-order valence-electron chi connectivity index (χ2n) is 6.29. The number of carbonyl (C=O) groups is 1. The van der Waals surface area contributed by atoms with Crippen molar-refractivity contribution in [3.8, 4) is 0 Å². The van der Waals surface area contributed by atoms with Crippen LogP contribution >= 0.6 is 23.5 Å². The standard InChI is InChI=1S/C15H15NO2S2/c17-15-16-14-13(20-15)11(9-2-1-5-18-9)10-7-3-4-8(6-7)12(10)19-14/h1-2,5,7-8,10-13H,3-4,6H2. The second-order valence-corrected chi connectivity index (χ2v) is 8.58. The molecule has 3 nitrogen and oxygen atoms in total. The van der Waals surface area contributed by atoms with Crippen molar-refractivity contribution >= 4 is 33.8 Å². The number of furan rings is 1. The highest BCUT2D eigenvalue weighted by Gasteiger charge is 2.58. The predicted octanol–water partition coefficient (Wildman–Crippen LogP) is 4.16. The number of nitrogens with zero attached hydrogens (tertiary/aromatic N) is 1. The highest BCUT2D eigenvalue weighted by atomic mass is 32.2. The lowest BCUT2D eigenvalue weighted by Gasteiger charge is -2.42. The Balaban J connectivity index is 1.62. The lowest BCUT2D eigenvalue weighted by molar-refractivity contribution is 0.267. The van der Waals surface area contributed by atoms with Crippen molar-refractivity contribution in [1.29, 1.82) is 0 Å². The molecule has 5 rings (SSSR count). The smallest absolute Gasteiger partial charge is 0.306 e. The van der Waals surface area contributed by atoms with Gasteiger partial charge >= 0.3 is 5.24 Å². The summed E-state index contributed by atoms with van der Waals surface area (Å²) >= 11 is 3.32. The van der Waals surface area contributed by atoms with Crippen molar-refractivity contribution in [3.63, 3.8) is 0 Å². The quantitative estimate of drug-likeness (QED) is 0.781. The topological polar surface area (TPSA) is 42.6 Å². The maximum atomic E-state index is 11.8. The zero-order valence-electron chi connectivity index (χ0n) is 10.9. The third-order valence-electron chi connectivity index (χ3n) is 5.44. The molecule has 2 aliphatic heterocycles. The minimum atomic E-state index is -0.0126. The van der Waals surface area contributed by atoms with Crippen LogP contribution in [0.15, 0.2) is 27.8 Å². The first-order valence-corrected chi connectivity index (χ1v) is 9.06. The molecular formula is C15H15NO2S2. The number of hydrogen-bond donors (Lipinski definition) is 0. The van der Waals surface area contributed by atoms with E-state index in [-0.39, 0.29) is 10.5 Å². The van der Waals surface area contributed by atoms with Gasteiger partial charge in [-0.25, -0.2) is 4.99 Å². The van der Waals surface area contributed by atoms with Gasteiger partial charge in [-0.05, 0) is 49.1 Å². The SMILES string of the molecule is O=C1N=C2SC3C4CCC(C4)C3C(c3ccco3)C2S1. The van der Waals surface area contributed by atoms with Crippen LogP contribution in [-0.4, -0.2) is 20.8 Å². The molecule has 1 amide bonds. The highest BCUT2D eigenvalue weighted by molar-refractivity contribution is 8.22. The molecule has 4 aliphatic rings. The lowest BCUT2D eigenvalue weighted by Crippen LogP contribution is -2.42. The molecule has 0 spiro atoms. The summed E-state index contributed by atoms with van der Waals surface area (Å²) in [6.07, 6.45) is 5.86. The first-order chi connectivity index (χ1) is 9.81. The van der Waals surface area contributed by atoms with Gasteiger partial charge in [-0.2, -0.15) is 0 Å². The average molecular weight is 305 g/mol. The normalized spacial score (nSPS) is 45.4. The summed E-state index contributed by atoms with van der Waals surface area (Å²) in [5.74, 6) is 3.74. The van der Waals surface area contributed by atoms with Gasteiger partial charge in [-0.1, -0.05) is 11.8 Å². The van der Waals surface area contributed by atoms with Crippen LogP contribution < -0.4 is 0 Å². The fourth-order valence-corrected chi connectivity index (χ4v) is 7.81. The second kappa shape index (κ2) is 4.17. The van der Waals surface area contributed by atoms with Gasteiger partial charge in [0.1, 0.15) is 5.76 Å². The molecule has 2 saturated carbocycles. The van der Waals surface area contributed by atoms with E-state index in [0.717, 1.165) is 22.6 Å². The minimum Gasteiger partial charge on any atom is -0.469 e. The van der Waals surface area contributed by atoms with Crippen LogP contribution in [0, 0.1) is 17.8 Å². The molecule has 6 unspecified atom stereocenters. The minimum absolute atomic E-state index is 0.0126. The van der Waals surface area contributed by atoms with Crippen LogP contribution in [0.1, 0.15) is 30.9 Å². The maximum Gasteiger partial charge on any atom is 0.306 e. The predicted molar refractivity (Wildman–Crippen MR) is 81.4 cm³/mol. The average Bonchev–Trinajstić information content (AvgIpc) is 3.19. The lowest BCUT2D eigenvalue weighted by atomic mass is 9.76. The van der Waals surface area contributed by atoms with Crippen molar-refractivity contribution in [2.75, 3.05) is 0 Å². The van der Waals surface area contributed by atoms with Gasteiger partial charge in [0.2, 0.25) is 0 Å². The Bertz CT molecular complexity index is 597. The summed E-state index contributed by atoms with van der Waals surface area (Å²) in [7, 11) is 0. The van der Waals surface area contributed by atoms with Crippen molar-refractivity contribution in [3.05, 3.63) is 24.2 Å². The van der Waals surface area contributed by atoms with Crippen molar-refractivity contribution < 1.29 is 9.21 Å². The molecule has 2 bridgehead atoms. The molecule has 6 atom stereocenters. The van der Waals surface area contributed by atoms with Gasteiger partial charge in [0.15, 0.2) is 0 Å². The highest BCUT2D eigenvalue weighted by Crippen LogP contribution is 2.63. The zero-order chi connectivity index (χ0) is 13.3. The molecule has 20 heavy (non-hydrogen) atoms. The van der Waals surface area contributed by atoms with Crippen LogP contribution in [0.25, 0.3) is 0 Å². The molecule has 1 aromatic heterocycles. The van der Waals surface area contributed by atoms with Crippen molar-refractivity contribution in [1.82, 2.24) is 0 Å². The number of thioether (sulfide) groups is 2. The first kappa shape index (κ1) is 11.9. The summed E-state index contributed by atoms with van der Waals surface area (Å²) in [5, 5.41) is 1.92. The van der Waals surface area contributed by atoms with E-state index in [9.17, 15) is 4.79 Å². The van der Waals surface area contributed by atoms with Gasteiger partial charge in [-0.3, -0.25) is 4.79 Å². The maximum absolute atomic E-state index is 11.8. The molecule has 1 aromatic rings. The van der Waals surface area contributed by atoms with E-state index in [0.29, 0.717) is 17.1 Å². The molecule has 0 radical (unpaired) electrons. The number of amides is 1. The van der Waals surface area contributed by atoms with E-state index in [2.05, 4.69) is 11.1 Å². The van der Waals surface area contributed by atoms with E-state index in [1.165, 1.54) is 31.0 Å². The van der Waals surface area contributed by atoms with Gasteiger partial charge in [0, 0.05) is 11.2 Å². The molecule has 3 heterocycles. The van der Waals surface area contributed by atoms with Gasteiger partial charge in [0.25, 0.3) is 0 Å². The molecule has 0 aromatic carbocycles. The van der Waals surface area contributed by atoms with Crippen LogP contribution in [0.5, 0.6) is 0 Å². The molecule has 104 valence electrons. The fourth-order valence-electron chi connectivity index (χ4n) is 4.78. The van der Waals surface area contributed by atoms with Crippen molar-refractivity contribution in [2.45, 2.75) is 35.7 Å². The largest absolute Gasteiger partial charge is 0.469 e. The molecular weight excluding hydrogens is 290 g/mol. The van der Waals surface area contributed by atoms with E-state index in [1.807, 2.05) is 17.8 Å². The van der Waals surface area contributed by atoms with Gasteiger partial charge < -0.3 is 4.42 Å². The number of rotatable bonds is 1. The Morgan fingerprint density at radius 1 is 1.25 bits per heavy atom. The van der Waals surface area contributed by atoms with Gasteiger partial charge in [-0.15, -0.1) is 11.8 Å². The summed E-state index contributed by atoms with van der Waals surface area (Å²) in [5.41, 5.74) is 0. The van der Waals surface area contributed by atoms with E-state index in [1.54, 1.807) is 6.26 Å². The summed E-state index contributed by atoms with van der Waals surface area (Å²) in [6, 6.07) is 4.06. The van der Waals surface area contributed by atoms with Gasteiger partial charge in [0.05, 0.1) is 16.6 Å². The molecule has 1 saturated heterocycles. The number of fused-ring (bicyclic) bond motifs is 6. The molecule has 3 fully saturated rings. The molecule has 2 aliphatic carbocycles. The Labute approximate surface area is 126 Å². The monoisotopic (exact) mass is 305 g/mol. The molecule has 5 heteroatoms. The summed E-state index contributed by atoms with van der Waals surface area (Å²) in [6.45, 7) is 0. The molecule has 0 N–H and O–H groups in total. The van der Waals surface area contributed by atoms with Crippen LogP contribution in [-0.2, 0) is 0 Å².